The standard InChI is InChI=1S/C11H13N9O/c1-12-9-17-10(13-5-3-8-14-7-16-21-8)19-11(18-9)20-6-2-4-15-20/h2,4,6-7H,3,5H2,1H3,(H2,12,13,17,18,19). The summed E-state index contributed by atoms with van der Waals surface area (Å²) in [6, 6.07) is 1.80. The molecular formula is C11H13N9O. The SMILES string of the molecule is CNc1nc(NCCc2ncno2)nc(-n2cccn2)n1. The maximum absolute atomic E-state index is 4.92. The van der Waals surface area contributed by atoms with Gasteiger partial charge in [0.2, 0.25) is 17.8 Å². The normalized spacial score (nSPS) is 10.5. The van der Waals surface area contributed by atoms with E-state index in [0.717, 1.165) is 0 Å². The molecule has 0 aliphatic rings. The first-order valence-corrected chi connectivity index (χ1v) is 6.28. The van der Waals surface area contributed by atoms with Crippen molar-refractivity contribution >= 4 is 11.9 Å². The monoisotopic (exact) mass is 287 g/mol. The highest BCUT2D eigenvalue weighted by Gasteiger charge is 2.08. The van der Waals surface area contributed by atoms with Crippen molar-refractivity contribution in [2.75, 3.05) is 24.2 Å². The molecule has 0 aromatic carbocycles. The van der Waals surface area contributed by atoms with Crippen molar-refractivity contribution in [1.29, 1.82) is 0 Å². The molecule has 0 saturated heterocycles. The maximum Gasteiger partial charge on any atom is 0.257 e. The molecule has 3 heterocycles. The summed E-state index contributed by atoms with van der Waals surface area (Å²) >= 11 is 0. The summed E-state index contributed by atoms with van der Waals surface area (Å²) in [5.41, 5.74) is 0. The van der Waals surface area contributed by atoms with Crippen LogP contribution in [0.3, 0.4) is 0 Å². The van der Waals surface area contributed by atoms with Crippen molar-refractivity contribution in [2.24, 2.45) is 0 Å². The minimum Gasteiger partial charge on any atom is -0.357 e. The Morgan fingerprint density at radius 1 is 1.24 bits per heavy atom. The van der Waals surface area contributed by atoms with Crippen LogP contribution in [0.5, 0.6) is 0 Å². The Balaban J connectivity index is 1.73. The highest BCUT2D eigenvalue weighted by molar-refractivity contribution is 5.37. The Hall–Kier alpha value is -3.04. The van der Waals surface area contributed by atoms with Crippen LogP contribution < -0.4 is 10.6 Å². The first-order chi connectivity index (χ1) is 10.3. The van der Waals surface area contributed by atoms with Gasteiger partial charge in [-0.1, -0.05) is 5.16 Å². The molecule has 21 heavy (non-hydrogen) atoms. The van der Waals surface area contributed by atoms with E-state index in [0.29, 0.717) is 36.7 Å². The molecule has 3 aromatic heterocycles. The van der Waals surface area contributed by atoms with E-state index in [1.165, 1.54) is 6.33 Å². The smallest absolute Gasteiger partial charge is 0.257 e. The van der Waals surface area contributed by atoms with Crippen molar-refractivity contribution < 1.29 is 4.52 Å². The van der Waals surface area contributed by atoms with Crippen LogP contribution in [0.2, 0.25) is 0 Å². The van der Waals surface area contributed by atoms with Crippen LogP contribution in [-0.4, -0.2) is 48.5 Å². The van der Waals surface area contributed by atoms with Crippen molar-refractivity contribution in [2.45, 2.75) is 6.42 Å². The summed E-state index contributed by atoms with van der Waals surface area (Å²) in [4.78, 5) is 16.7. The van der Waals surface area contributed by atoms with E-state index in [1.807, 2.05) is 0 Å². The molecule has 0 atom stereocenters. The Labute approximate surface area is 119 Å². The second kappa shape index (κ2) is 5.94. The highest BCUT2D eigenvalue weighted by Crippen LogP contribution is 2.08. The third kappa shape index (κ3) is 3.11. The molecular weight excluding hydrogens is 274 g/mol. The van der Waals surface area contributed by atoms with Gasteiger partial charge >= 0.3 is 0 Å². The maximum atomic E-state index is 4.92. The van der Waals surface area contributed by atoms with Gasteiger partial charge in [-0.15, -0.1) is 0 Å². The van der Waals surface area contributed by atoms with Gasteiger partial charge in [-0.05, 0) is 6.07 Å². The lowest BCUT2D eigenvalue weighted by Gasteiger charge is -2.07. The molecule has 0 saturated carbocycles. The fourth-order valence-corrected chi connectivity index (χ4v) is 1.63. The summed E-state index contributed by atoms with van der Waals surface area (Å²) in [7, 11) is 1.74. The Bertz CT molecular complexity index is 680. The average molecular weight is 287 g/mol. The predicted molar refractivity (Wildman–Crippen MR) is 73.0 cm³/mol. The van der Waals surface area contributed by atoms with Crippen molar-refractivity contribution in [3.8, 4) is 5.95 Å². The molecule has 0 amide bonds. The molecule has 10 nitrogen and oxygen atoms in total. The molecule has 0 unspecified atom stereocenters. The topological polar surface area (TPSA) is 119 Å². The highest BCUT2D eigenvalue weighted by atomic mass is 16.5. The molecule has 3 aromatic rings. The van der Waals surface area contributed by atoms with Gasteiger partial charge in [0.25, 0.3) is 5.95 Å². The van der Waals surface area contributed by atoms with Crippen molar-refractivity contribution in [1.82, 2.24) is 34.9 Å². The van der Waals surface area contributed by atoms with Gasteiger partial charge in [-0.3, -0.25) is 0 Å². The van der Waals surface area contributed by atoms with Gasteiger partial charge in [0.15, 0.2) is 6.33 Å². The summed E-state index contributed by atoms with van der Waals surface area (Å²) in [6.07, 6.45) is 5.37. The number of aromatic nitrogens is 7. The molecule has 0 spiro atoms. The lowest BCUT2D eigenvalue weighted by atomic mass is 10.4. The number of anilines is 2. The zero-order valence-electron chi connectivity index (χ0n) is 11.3. The lowest BCUT2D eigenvalue weighted by molar-refractivity contribution is 0.379. The van der Waals surface area contributed by atoms with Gasteiger partial charge in [-0.2, -0.15) is 25.0 Å². The molecule has 108 valence electrons. The van der Waals surface area contributed by atoms with Crippen LogP contribution >= 0.6 is 0 Å². The number of hydrogen-bond donors (Lipinski definition) is 2. The average Bonchev–Trinajstić information content (AvgIpc) is 3.20. The van der Waals surface area contributed by atoms with Gasteiger partial charge in [0, 0.05) is 32.4 Å². The molecule has 2 N–H and O–H groups in total. The first kappa shape index (κ1) is 13.0. The van der Waals surface area contributed by atoms with E-state index < -0.39 is 0 Å². The van der Waals surface area contributed by atoms with E-state index in [9.17, 15) is 0 Å². The summed E-state index contributed by atoms with van der Waals surface area (Å²) < 4.78 is 6.48. The fourth-order valence-electron chi connectivity index (χ4n) is 1.63. The summed E-state index contributed by atoms with van der Waals surface area (Å²) in [5.74, 6) is 1.88. The number of rotatable bonds is 6. The van der Waals surface area contributed by atoms with Crippen LogP contribution in [0, 0.1) is 0 Å². The Morgan fingerprint density at radius 2 is 2.14 bits per heavy atom. The predicted octanol–water partition coefficient (Wildman–Crippen LogP) is 0.137. The van der Waals surface area contributed by atoms with Crippen molar-refractivity contribution in [3.63, 3.8) is 0 Å². The Morgan fingerprint density at radius 3 is 2.86 bits per heavy atom. The molecule has 0 aliphatic heterocycles. The van der Waals surface area contributed by atoms with Crippen LogP contribution in [0.25, 0.3) is 5.95 Å². The van der Waals surface area contributed by atoms with Gasteiger partial charge in [0.05, 0.1) is 0 Å². The molecule has 0 bridgehead atoms. The minimum atomic E-state index is 0.430. The summed E-state index contributed by atoms with van der Waals surface area (Å²) in [6.45, 7) is 0.563. The third-order valence-electron chi connectivity index (χ3n) is 2.59. The van der Waals surface area contributed by atoms with Gasteiger partial charge in [-0.25, -0.2) is 4.68 Å². The third-order valence-corrected chi connectivity index (χ3v) is 2.59. The number of nitrogens with zero attached hydrogens (tertiary/aromatic N) is 7. The van der Waals surface area contributed by atoms with E-state index in [-0.39, 0.29) is 0 Å². The van der Waals surface area contributed by atoms with Crippen LogP contribution in [0.15, 0.2) is 29.3 Å². The Kier molecular flexibility index (Phi) is 3.67. The minimum absolute atomic E-state index is 0.430. The fraction of sp³-hybridized carbons (Fsp3) is 0.273. The lowest BCUT2D eigenvalue weighted by Crippen LogP contribution is -2.13. The zero-order valence-corrected chi connectivity index (χ0v) is 11.3. The van der Waals surface area contributed by atoms with Crippen LogP contribution in [0.1, 0.15) is 5.89 Å². The van der Waals surface area contributed by atoms with Crippen LogP contribution in [-0.2, 0) is 6.42 Å². The molecule has 10 heteroatoms. The van der Waals surface area contributed by atoms with E-state index in [4.69, 9.17) is 4.52 Å². The first-order valence-electron chi connectivity index (χ1n) is 6.28. The van der Waals surface area contributed by atoms with Crippen molar-refractivity contribution in [3.05, 3.63) is 30.7 Å². The van der Waals surface area contributed by atoms with E-state index in [1.54, 1.807) is 30.2 Å². The van der Waals surface area contributed by atoms with E-state index >= 15 is 0 Å². The molecule has 3 rings (SSSR count). The summed E-state index contributed by atoms with van der Waals surface area (Å²) in [5, 5.41) is 13.6. The van der Waals surface area contributed by atoms with E-state index in [2.05, 4.69) is 40.8 Å². The number of hydrogen-bond acceptors (Lipinski definition) is 9. The largest absolute Gasteiger partial charge is 0.357 e. The molecule has 0 radical (unpaired) electrons. The molecule has 0 aliphatic carbocycles. The molecule has 0 fully saturated rings. The second-order valence-electron chi connectivity index (χ2n) is 4.00. The quantitative estimate of drug-likeness (QED) is 0.652. The van der Waals surface area contributed by atoms with Crippen LogP contribution in [0.4, 0.5) is 11.9 Å². The van der Waals surface area contributed by atoms with Gasteiger partial charge < -0.3 is 15.2 Å². The zero-order chi connectivity index (χ0) is 14.5. The number of nitrogens with one attached hydrogen (secondary N) is 2. The second-order valence-corrected chi connectivity index (χ2v) is 4.00. The van der Waals surface area contributed by atoms with Gasteiger partial charge in [0.1, 0.15) is 0 Å².